The number of rotatable bonds is 7. The molecule has 0 aromatic carbocycles. The molecular formula is C20H36IN7O. The number of halogens is 1. The molecule has 2 aliphatic heterocycles. The maximum Gasteiger partial charge on any atom is 0.222 e. The fourth-order valence-corrected chi connectivity index (χ4v) is 3.91. The molecule has 1 aromatic heterocycles. The van der Waals surface area contributed by atoms with E-state index in [1.54, 1.807) is 0 Å². The molecule has 1 fully saturated rings. The van der Waals surface area contributed by atoms with Gasteiger partial charge in [0.2, 0.25) is 5.91 Å². The van der Waals surface area contributed by atoms with Gasteiger partial charge in [-0.1, -0.05) is 12.8 Å². The first-order valence-electron chi connectivity index (χ1n) is 11.0. The lowest BCUT2D eigenvalue weighted by molar-refractivity contribution is -0.130. The molecule has 0 spiro atoms. The molecule has 0 bridgehead atoms. The van der Waals surface area contributed by atoms with Crippen LogP contribution in [0.25, 0.3) is 0 Å². The third-order valence-corrected chi connectivity index (χ3v) is 5.48. The first-order valence-corrected chi connectivity index (χ1v) is 11.0. The van der Waals surface area contributed by atoms with Crippen LogP contribution in [-0.2, 0) is 24.3 Å². The summed E-state index contributed by atoms with van der Waals surface area (Å²) in [7, 11) is 0. The summed E-state index contributed by atoms with van der Waals surface area (Å²) < 4.78 is 2.24. The number of carbonyl (C=O) groups excluding carboxylic acids is 1. The van der Waals surface area contributed by atoms with Crippen molar-refractivity contribution in [2.45, 2.75) is 77.8 Å². The number of hydrogen-bond donors (Lipinski definition) is 2. The molecule has 1 saturated heterocycles. The number of fused-ring (bicyclic) bond motifs is 1. The molecule has 3 heterocycles. The number of carbonyl (C=O) groups is 1. The van der Waals surface area contributed by atoms with Gasteiger partial charge in [0, 0.05) is 45.6 Å². The van der Waals surface area contributed by atoms with E-state index in [-0.39, 0.29) is 24.0 Å². The fourth-order valence-electron chi connectivity index (χ4n) is 3.91. The van der Waals surface area contributed by atoms with E-state index in [1.807, 2.05) is 4.90 Å². The highest BCUT2D eigenvalue weighted by Gasteiger charge is 2.16. The molecule has 0 aliphatic carbocycles. The van der Waals surface area contributed by atoms with Crippen LogP contribution in [0.2, 0.25) is 0 Å². The minimum Gasteiger partial charge on any atom is -0.357 e. The molecule has 2 aliphatic rings. The van der Waals surface area contributed by atoms with Crippen LogP contribution in [0.5, 0.6) is 0 Å². The van der Waals surface area contributed by atoms with Gasteiger partial charge >= 0.3 is 0 Å². The molecular weight excluding hydrogens is 481 g/mol. The van der Waals surface area contributed by atoms with Crippen molar-refractivity contribution < 1.29 is 4.79 Å². The monoisotopic (exact) mass is 517 g/mol. The second kappa shape index (κ2) is 13.0. The van der Waals surface area contributed by atoms with Gasteiger partial charge in [0.05, 0.1) is 0 Å². The average molecular weight is 517 g/mol. The fraction of sp³-hybridized carbons (Fsp3) is 0.800. The van der Waals surface area contributed by atoms with Crippen molar-refractivity contribution in [3.8, 4) is 0 Å². The summed E-state index contributed by atoms with van der Waals surface area (Å²) in [6.07, 6.45) is 9.64. The molecule has 0 unspecified atom stereocenters. The zero-order valence-corrected chi connectivity index (χ0v) is 20.0. The standard InChI is InChI=1S/C20H35N7O.HI/c1-2-21-20(22-12-9-14-26-13-7-4-6-11-19(26)28)23-16-18-25-24-17-10-5-3-8-15-27(17)18;/h2-16H2,1H3,(H2,21,22,23);1H. The summed E-state index contributed by atoms with van der Waals surface area (Å²) in [6.45, 7) is 6.94. The molecule has 0 atom stereocenters. The summed E-state index contributed by atoms with van der Waals surface area (Å²) in [5.41, 5.74) is 0. The number of aryl methyl sites for hydroxylation is 1. The van der Waals surface area contributed by atoms with Gasteiger partial charge in [-0.25, -0.2) is 4.99 Å². The first-order chi connectivity index (χ1) is 13.8. The number of guanidine groups is 1. The van der Waals surface area contributed by atoms with Crippen LogP contribution in [0.4, 0.5) is 0 Å². The lowest BCUT2D eigenvalue weighted by atomic mass is 10.2. The van der Waals surface area contributed by atoms with Gasteiger partial charge in [-0.15, -0.1) is 34.2 Å². The second-order valence-electron chi connectivity index (χ2n) is 7.66. The van der Waals surface area contributed by atoms with E-state index < -0.39 is 0 Å². The van der Waals surface area contributed by atoms with E-state index in [9.17, 15) is 4.79 Å². The molecule has 8 nitrogen and oxygen atoms in total. The number of amides is 1. The molecule has 29 heavy (non-hydrogen) atoms. The zero-order chi connectivity index (χ0) is 19.6. The Balaban J connectivity index is 0.00000300. The Kier molecular flexibility index (Phi) is 10.7. The maximum absolute atomic E-state index is 12.1. The van der Waals surface area contributed by atoms with Crippen LogP contribution in [0.1, 0.15) is 69.9 Å². The summed E-state index contributed by atoms with van der Waals surface area (Å²) in [5.74, 6) is 3.16. The van der Waals surface area contributed by atoms with Gasteiger partial charge in [0.1, 0.15) is 12.4 Å². The van der Waals surface area contributed by atoms with Crippen LogP contribution in [0, 0.1) is 0 Å². The highest BCUT2D eigenvalue weighted by atomic mass is 127. The first kappa shape index (κ1) is 23.9. The largest absolute Gasteiger partial charge is 0.357 e. The predicted octanol–water partition coefficient (Wildman–Crippen LogP) is 2.47. The predicted molar refractivity (Wildman–Crippen MR) is 125 cm³/mol. The van der Waals surface area contributed by atoms with Gasteiger partial charge in [-0.2, -0.15) is 0 Å². The Hall–Kier alpha value is -1.39. The minimum absolute atomic E-state index is 0. The number of aromatic nitrogens is 3. The smallest absolute Gasteiger partial charge is 0.222 e. The van der Waals surface area contributed by atoms with E-state index >= 15 is 0 Å². The summed E-state index contributed by atoms with van der Waals surface area (Å²) in [6, 6.07) is 0. The van der Waals surface area contributed by atoms with Gasteiger partial charge in [-0.3, -0.25) is 4.79 Å². The summed E-state index contributed by atoms with van der Waals surface area (Å²) in [5, 5.41) is 15.4. The van der Waals surface area contributed by atoms with Crippen molar-refractivity contribution >= 4 is 35.8 Å². The topological polar surface area (TPSA) is 87.4 Å². The third kappa shape index (κ3) is 7.42. The minimum atomic E-state index is 0. The van der Waals surface area contributed by atoms with Crippen molar-refractivity contribution in [3.05, 3.63) is 11.6 Å². The Bertz CT molecular complexity index is 661. The summed E-state index contributed by atoms with van der Waals surface area (Å²) in [4.78, 5) is 18.8. The van der Waals surface area contributed by atoms with Crippen LogP contribution >= 0.6 is 24.0 Å². The normalized spacial score (nSPS) is 17.8. The molecule has 9 heteroatoms. The quantitative estimate of drug-likeness (QED) is 0.251. The number of nitrogens with zero attached hydrogens (tertiary/aromatic N) is 5. The SMILES string of the molecule is CCNC(=NCc1nnc2n1CCCCC2)NCCCN1CCCCCC1=O.I. The maximum atomic E-state index is 12.1. The lowest BCUT2D eigenvalue weighted by Gasteiger charge is -2.20. The number of nitrogens with one attached hydrogen (secondary N) is 2. The Labute approximate surface area is 191 Å². The van der Waals surface area contributed by atoms with Crippen molar-refractivity contribution in [2.75, 3.05) is 26.2 Å². The van der Waals surface area contributed by atoms with Crippen LogP contribution in [0.3, 0.4) is 0 Å². The van der Waals surface area contributed by atoms with E-state index in [1.165, 1.54) is 25.7 Å². The Morgan fingerprint density at radius 3 is 2.66 bits per heavy atom. The van der Waals surface area contributed by atoms with E-state index in [4.69, 9.17) is 4.99 Å². The lowest BCUT2D eigenvalue weighted by Crippen LogP contribution is -2.39. The molecule has 0 radical (unpaired) electrons. The highest BCUT2D eigenvalue weighted by Crippen LogP contribution is 2.15. The van der Waals surface area contributed by atoms with Crippen LogP contribution in [0.15, 0.2) is 4.99 Å². The van der Waals surface area contributed by atoms with Gasteiger partial charge in [0.15, 0.2) is 11.8 Å². The molecule has 3 rings (SSSR count). The van der Waals surface area contributed by atoms with E-state index in [0.29, 0.717) is 18.9 Å². The zero-order valence-electron chi connectivity index (χ0n) is 17.7. The molecule has 0 saturated carbocycles. The van der Waals surface area contributed by atoms with Gasteiger partial charge in [-0.05, 0) is 39.0 Å². The average Bonchev–Trinajstić information content (AvgIpc) is 2.85. The molecule has 1 aromatic rings. The van der Waals surface area contributed by atoms with Crippen LogP contribution < -0.4 is 10.6 Å². The Morgan fingerprint density at radius 2 is 1.83 bits per heavy atom. The summed E-state index contributed by atoms with van der Waals surface area (Å²) >= 11 is 0. The van der Waals surface area contributed by atoms with Crippen molar-refractivity contribution in [1.29, 1.82) is 0 Å². The van der Waals surface area contributed by atoms with Gasteiger partial charge < -0.3 is 20.1 Å². The van der Waals surface area contributed by atoms with Crippen LogP contribution in [-0.4, -0.2) is 57.7 Å². The van der Waals surface area contributed by atoms with E-state index in [0.717, 1.165) is 76.0 Å². The van der Waals surface area contributed by atoms with Crippen molar-refractivity contribution in [1.82, 2.24) is 30.3 Å². The molecule has 2 N–H and O–H groups in total. The third-order valence-electron chi connectivity index (χ3n) is 5.48. The highest BCUT2D eigenvalue weighted by molar-refractivity contribution is 14.0. The Morgan fingerprint density at radius 1 is 1.03 bits per heavy atom. The number of aliphatic imine (C=N–C) groups is 1. The molecule has 164 valence electrons. The molecule has 1 amide bonds. The number of likely N-dealkylation sites (tertiary alicyclic amines) is 1. The van der Waals surface area contributed by atoms with Crippen molar-refractivity contribution in [2.24, 2.45) is 4.99 Å². The number of hydrogen-bond acceptors (Lipinski definition) is 4. The van der Waals surface area contributed by atoms with Crippen molar-refractivity contribution in [3.63, 3.8) is 0 Å². The second-order valence-corrected chi connectivity index (χ2v) is 7.66. The van der Waals surface area contributed by atoms with E-state index in [2.05, 4.69) is 32.3 Å². The van der Waals surface area contributed by atoms with Gasteiger partial charge in [0.25, 0.3) is 0 Å².